The summed E-state index contributed by atoms with van der Waals surface area (Å²) in [6.07, 6.45) is -0.177. The number of nitriles is 1. The number of nitrogens with one attached hydrogen (secondary N) is 1. The summed E-state index contributed by atoms with van der Waals surface area (Å²) >= 11 is 0. The molecular formula is C12H10N4O2. The number of hydrogen-bond acceptors (Lipinski definition) is 5. The van der Waals surface area contributed by atoms with Crippen molar-refractivity contribution in [3.8, 4) is 17.5 Å². The molecule has 1 N–H and O–H groups in total. The van der Waals surface area contributed by atoms with Gasteiger partial charge in [0.2, 0.25) is 17.7 Å². The Bertz CT molecular complexity index is 613. The molecule has 90 valence electrons. The third-order valence-corrected chi connectivity index (χ3v) is 2.16. The molecule has 0 spiro atoms. The number of aromatic nitrogens is 2. The predicted octanol–water partition coefficient (Wildman–Crippen LogP) is 1.90. The highest BCUT2D eigenvalue weighted by atomic mass is 16.4. The Kier molecular flexibility index (Phi) is 3.34. The molecule has 0 fully saturated rings. The maximum absolute atomic E-state index is 11.3. The molecule has 2 rings (SSSR count). The predicted molar refractivity (Wildman–Crippen MR) is 63.3 cm³/mol. The van der Waals surface area contributed by atoms with E-state index in [0.717, 1.165) is 0 Å². The normalized spacial score (nSPS) is 9.78. The van der Waals surface area contributed by atoms with Gasteiger partial charge in [-0.1, -0.05) is 6.07 Å². The van der Waals surface area contributed by atoms with Gasteiger partial charge in [0.05, 0.1) is 6.07 Å². The summed E-state index contributed by atoms with van der Waals surface area (Å²) in [5.74, 6) is 0.518. The SMILES string of the molecule is Cc1nnc(-c2cccc(NC(=O)CC#N)c2)o1. The molecule has 1 aromatic carbocycles. The van der Waals surface area contributed by atoms with Gasteiger partial charge in [-0.25, -0.2) is 0 Å². The molecule has 0 saturated heterocycles. The minimum atomic E-state index is -0.351. The van der Waals surface area contributed by atoms with Gasteiger partial charge in [-0.15, -0.1) is 10.2 Å². The van der Waals surface area contributed by atoms with E-state index < -0.39 is 0 Å². The lowest BCUT2D eigenvalue weighted by Gasteiger charge is -2.03. The second-order valence-corrected chi connectivity index (χ2v) is 3.59. The topological polar surface area (TPSA) is 91.8 Å². The number of carbonyl (C=O) groups excluding carboxylic acids is 1. The number of benzene rings is 1. The Morgan fingerprint density at radius 1 is 1.50 bits per heavy atom. The van der Waals surface area contributed by atoms with E-state index in [-0.39, 0.29) is 12.3 Å². The van der Waals surface area contributed by atoms with Crippen molar-refractivity contribution in [1.82, 2.24) is 10.2 Å². The van der Waals surface area contributed by atoms with Crippen LogP contribution in [0, 0.1) is 18.3 Å². The summed E-state index contributed by atoms with van der Waals surface area (Å²) in [4.78, 5) is 11.3. The maximum Gasteiger partial charge on any atom is 0.247 e. The number of rotatable bonds is 3. The van der Waals surface area contributed by atoms with Crippen LogP contribution in [0.2, 0.25) is 0 Å². The van der Waals surface area contributed by atoms with Gasteiger partial charge in [0.1, 0.15) is 6.42 Å². The van der Waals surface area contributed by atoms with Crippen LogP contribution in [-0.4, -0.2) is 16.1 Å². The highest BCUT2D eigenvalue weighted by Crippen LogP contribution is 2.21. The smallest absolute Gasteiger partial charge is 0.247 e. The van der Waals surface area contributed by atoms with Gasteiger partial charge < -0.3 is 9.73 Å². The second-order valence-electron chi connectivity index (χ2n) is 3.59. The average Bonchev–Trinajstić information content (AvgIpc) is 2.76. The molecule has 0 aliphatic rings. The van der Waals surface area contributed by atoms with Crippen LogP contribution >= 0.6 is 0 Å². The summed E-state index contributed by atoms with van der Waals surface area (Å²) in [6.45, 7) is 1.70. The minimum absolute atomic E-state index is 0.177. The Labute approximate surface area is 103 Å². The van der Waals surface area contributed by atoms with Crippen molar-refractivity contribution in [2.24, 2.45) is 0 Å². The van der Waals surface area contributed by atoms with E-state index in [2.05, 4.69) is 15.5 Å². The molecule has 6 heteroatoms. The molecule has 1 heterocycles. The largest absolute Gasteiger partial charge is 0.421 e. The van der Waals surface area contributed by atoms with Gasteiger partial charge >= 0.3 is 0 Å². The van der Waals surface area contributed by atoms with Crippen LogP contribution < -0.4 is 5.32 Å². The summed E-state index contributed by atoms with van der Waals surface area (Å²) in [7, 11) is 0. The molecule has 0 saturated carbocycles. The Morgan fingerprint density at radius 3 is 3.00 bits per heavy atom. The van der Waals surface area contributed by atoms with Crippen molar-refractivity contribution in [1.29, 1.82) is 5.26 Å². The molecule has 0 unspecified atom stereocenters. The van der Waals surface area contributed by atoms with Crippen molar-refractivity contribution in [2.75, 3.05) is 5.32 Å². The van der Waals surface area contributed by atoms with Crippen molar-refractivity contribution >= 4 is 11.6 Å². The number of aryl methyl sites for hydroxylation is 1. The summed E-state index contributed by atoms with van der Waals surface area (Å²) in [5, 5.41) is 18.6. The number of amides is 1. The zero-order chi connectivity index (χ0) is 13.0. The fraction of sp³-hybridized carbons (Fsp3) is 0.167. The third kappa shape index (κ3) is 2.71. The molecule has 2 aromatic rings. The van der Waals surface area contributed by atoms with Crippen molar-refractivity contribution in [3.05, 3.63) is 30.2 Å². The average molecular weight is 242 g/mol. The lowest BCUT2D eigenvalue weighted by molar-refractivity contribution is -0.115. The first-order valence-electron chi connectivity index (χ1n) is 5.26. The van der Waals surface area contributed by atoms with Crippen LogP contribution in [0.4, 0.5) is 5.69 Å². The standard InChI is InChI=1S/C12H10N4O2/c1-8-15-16-12(18-8)9-3-2-4-10(7-9)14-11(17)5-6-13/h2-4,7H,5H2,1H3,(H,14,17). The number of anilines is 1. The third-order valence-electron chi connectivity index (χ3n) is 2.16. The maximum atomic E-state index is 11.3. The fourth-order valence-corrected chi connectivity index (χ4v) is 1.42. The lowest BCUT2D eigenvalue weighted by Crippen LogP contribution is -2.09. The molecule has 0 atom stereocenters. The van der Waals surface area contributed by atoms with Crippen LogP contribution in [0.15, 0.2) is 28.7 Å². The van der Waals surface area contributed by atoms with Gasteiger partial charge in [0.15, 0.2) is 0 Å². The first-order chi connectivity index (χ1) is 8.69. The van der Waals surface area contributed by atoms with Crippen molar-refractivity contribution < 1.29 is 9.21 Å². The van der Waals surface area contributed by atoms with E-state index in [0.29, 0.717) is 23.0 Å². The van der Waals surface area contributed by atoms with Gasteiger partial charge in [0.25, 0.3) is 0 Å². The van der Waals surface area contributed by atoms with Crippen molar-refractivity contribution in [2.45, 2.75) is 13.3 Å². The lowest BCUT2D eigenvalue weighted by atomic mass is 10.2. The van der Waals surface area contributed by atoms with E-state index >= 15 is 0 Å². The van der Waals surface area contributed by atoms with Gasteiger partial charge in [-0.3, -0.25) is 4.79 Å². The molecule has 18 heavy (non-hydrogen) atoms. The summed E-state index contributed by atoms with van der Waals surface area (Å²) < 4.78 is 5.29. The highest BCUT2D eigenvalue weighted by Gasteiger charge is 2.07. The molecule has 1 aromatic heterocycles. The minimum Gasteiger partial charge on any atom is -0.421 e. The molecule has 0 bridgehead atoms. The molecule has 0 radical (unpaired) electrons. The summed E-state index contributed by atoms with van der Waals surface area (Å²) in [5.41, 5.74) is 1.30. The van der Waals surface area contributed by atoms with Gasteiger partial charge in [0, 0.05) is 18.2 Å². The summed E-state index contributed by atoms with van der Waals surface area (Å²) in [6, 6.07) is 8.78. The molecule has 1 amide bonds. The molecular weight excluding hydrogens is 232 g/mol. The number of nitrogens with zero attached hydrogens (tertiary/aromatic N) is 3. The van der Waals surface area contributed by atoms with Crippen LogP contribution in [0.5, 0.6) is 0 Å². The van der Waals surface area contributed by atoms with Gasteiger partial charge in [-0.05, 0) is 18.2 Å². The monoisotopic (exact) mass is 242 g/mol. The van der Waals surface area contributed by atoms with Gasteiger partial charge in [-0.2, -0.15) is 5.26 Å². The molecule has 6 nitrogen and oxygen atoms in total. The Morgan fingerprint density at radius 2 is 2.33 bits per heavy atom. The van der Waals surface area contributed by atoms with E-state index in [1.54, 1.807) is 37.3 Å². The number of carbonyl (C=O) groups is 1. The van der Waals surface area contributed by atoms with Crippen LogP contribution in [-0.2, 0) is 4.79 Å². The number of hydrogen-bond donors (Lipinski definition) is 1. The Balaban J connectivity index is 2.20. The quantitative estimate of drug-likeness (QED) is 0.887. The van der Waals surface area contributed by atoms with Crippen LogP contribution in [0.3, 0.4) is 0 Å². The van der Waals surface area contributed by atoms with E-state index in [9.17, 15) is 4.79 Å². The highest BCUT2D eigenvalue weighted by molar-refractivity contribution is 5.92. The van der Waals surface area contributed by atoms with E-state index in [1.165, 1.54) is 0 Å². The Hall–Kier alpha value is -2.68. The fourth-order valence-electron chi connectivity index (χ4n) is 1.42. The first-order valence-corrected chi connectivity index (χ1v) is 5.26. The molecule has 0 aliphatic carbocycles. The van der Waals surface area contributed by atoms with Crippen LogP contribution in [0.1, 0.15) is 12.3 Å². The van der Waals surface area contributed by atoms with Crippen molar-refractivity contribution in [3.63, 3.8) is 0 Å². The van der Waals surface area contributed by atoms with E-state index in [4.69, 9.17) is 9.68 Å². The second kappa shape index (κ2) is 5.10. The zero-order valence-electron chi connectivity index (χ0n) is 9.67. The van der Waals surface area contributed by atoms with Crippen LogP contribution in [0.25, 0.3) is 11.5 Å². The molecule has 0 aliphatic heterocycles. The first kappa shape index (κ1) is 11.8. The zero-order valence-corrected chi connectivity index (χ0v) is 9.67. The van der Waals surface area contributed by atoms with E-state index in [1.807, 2.05) is 0 Å².